The van der Waals surface area contributed by atoms with Gasteiger partial charge in [0.05, 0.1) is 12.3 Å². The third-order valence-corrected chi connectivity index (χ3v) is 3.16. The molecule has 2 nitrogen and oxygen atoms in total. The summed E-state index contributed by atoms with van der Waals surface area (Å²) in [5, 5.41) is 5.13. The Morgan fingerprint density at radius 1 is 1.05 bits per heavy atom. The fourth-order valence-electron chi connectivity index (χ4n) is 1.71. The van der Waals surface area contributed by atoms with Gasteiger partial charge in [-0.1, -0.05) is 53.6 Å². The third kappa shape index (κ3) is 4.11. The summed E-state index contributed by atoms with van der Waals surface area (Å²) < 4.78 is 0. The summed E-state index contributed by atoms with van der Waals surface area (Å²) in [4.78, 5) is 0. The zero-order valence-corrected chi connectivity index (χ0v) is 11.9. The molecule has 2 aromatic carbocycles. The minimum atomic E-state index is 0.695. The average Bonchev–Trinajstić information content (AvgIpc) is 2.41. The smallest absolute Gasteiger partial charge is 0.0644 e. The summed E-state index contributed by atoms with van der Waals surface area (Å²) in [7, 11) is 0. The van der Waals surface area contributed by atoms with Crippen molar-refractivity contribution in [3.05, 3.63) is 70.2 Å². The lowest BCUT2D eigenvalue weighted by Gasteiger charge is -2.04. The molecule has 19 heavy (non-hydrogen) atoms. The van der Waals surface area contributed by atoms with Crippen molar-refractivity contribution >= 4 is 17.3 Å². The maximum Gasteiger partial charge on any atom is 0.0644 e. The molecule has 0 heterocycles. The van der Waals surface area contributed by atoms with E-state index in [4.69, 9.17) is 11.6 Å². The van der Waals surface area contributed by atoms with Crippen LogP contribution in [0.2, 0.25) is 5.02 Å². The van der Waals surface area contributed by atoms with Crippen LogP contribution in [0.15, 0.2) is 53.6 Å². The zero-order chi connectivity index (χ0) is 13.7. The van der Waals surface area contributed by atoms with Gasteiger partial charge in [0.1, 0.15) is 0 Å². The van der Waals surface area contributed by atoms with E-state index < -0.39 is 0 Å². The molecule has 0 saturated carbocycles. The summed E-state index contributed by atoms with van der Waals surface area (Å²) in [6.45, 7) is 4.77. The van der Waals surface area contributed by atoms with Gasteiger partial charge in [-0.2, -0.15) is 5.10 Å². The average molecular weight is 273 g/mol. The van der Waals surface area contributed by atoms with Gasteiger partial charge < -0.3 is 5.43 Å². The Kier molecular flexibility index (Phi) is 4.58. The molecule has 0 aromatic heterocycles. The minimum Gasteiger partial charge on any atom is -0.305 e. The number of hydrogen-bond acceptors (Lipinski definition) is 2. The Morgan fingerprint density at radius 3 is 2.32 bits per heavy atom. The topological polar surface area (TPSA) is 24.4 Å². The van der Waals surface area contributed by atoms with Crippen LogP contribution in [0.25, 0.3) is 0 Å². The maximum atomic E-state index is 5.84. The molecule has 3 heteroatoms. The summed E-state index contributed by atoms with van der Waals surface area (Å²) in [6.07, 6.45) is 0. The van der Waals surface area contributed by atoms with Crippen molar-refractivity contribution in [1.29, 1.82) is 0 Å². The van der Waals surface area contributed by atoms with Crippen LogP contribution >= 0.6 is 11.6 Å². The molecule has 0 radical (unpaired) electrons. The predicted octanol–water partition coefficient (Wildman–Crippen LogP) is 4.16. The highest BCUT2D eigenvalue weighted by Crippen LogP contribution is 2.09. The molecule has 2 rings (SSSR count). The summed E-state index contributed by atoms with van der Waals surface area (Å²) in [6, 6.07) is 16.1. The van der Waals surface area contributed by atoms with Crippen molar-refractivity contribution in [3.63, 3.8) is 0 Å². The Hall–Kier alpha value is -1.80. The van der Waals surface area contributed by atoms with E-state index in [-0.39, 0.29) is 0 Å². The van der Waals surface area contributed by atoms with E-state index in [0.29, 0.717) is 6.54 Å². The Labute approximate surface area is 119 Å². The molecule has 0 fully saturated rings. The number of hydrazone groups is 1. The summed E-state index contributed by atoms with van der Waals surface area (Å²) >= 11 is 5.84. The quantitative estimate of drug-likeness (QED) is 0.656. The van der Waals surface area contributed by atoms with Crippen LogP contribution in [-0.2, 0) is 6.54 Å². The first-order valence-corrected chi connectivity index (χ1v) is 6.61. The summed E-state index contributed by atoms with van der Waals surface area (Å²) in [5.74, 6) is 0. The van der Waals surface area contributed by atoms with Gasteiger partial charge in [-0.15, -0.1) is 0 Å². The second kappa shape index (κ2) is 6.39. The Balaban J connectivity index is 1.95. The van der Waals surface area contributed by atoms with Crippen molar-refractivity contribution in [2.24, 2.45) is 5.10 Å². The molecule has 0 unspecified atom stereocenters. The van der Waals surface area contributed by atoms with Gasteiger partial charge in [-0.05, 0) is 37.1 Å². The number of hydrogen-bond donors (Lipinski definition) is 1. The van der Waals surface area contributed by atoms with Crippen molar-refractivity contribution in [1.82, 2.24) is 5.43 Å². The van der Waals surface area contributed by atoms with Crippen molar-refractivity contribution in [3.8, 4) is 0 Å². The van der Waals surface area contributed by atoms with Gasteiger partial charge >= 0.3 is 0 Å². The normalized spacial score (nSPS) is 11.4. The van der Waals surface area contributed by atoms with E-state index in [1.165, 1.54) is 5.56 Å². The predicted molar refractivity (Wildman–Crippen MR) is 81.7 cm³/mol. The van der Waals surface area contributed by atoms with Gasteiger partial charge in [0.15, 0.2) is 0 Å². The molecular formula is C16H17ClN2. The fourth-order valence-corrected chi connectivity index (χ4v) is 1.84. The molecule has 0 aliphatic carbocycles. The largest absolute Gasteiger partial charge is 0.305 e. The number of benzene rings is 2. The Morgan fingerprint density at radius 2 is 1.68 bits per heavy atom. The van der Waals surface area contributed by atoms with Gasteiger partial charge in [-0.25, -0.2) is 0 Å². The lowest BCUT2D eigenvalue weighted by Crippen LogP contribution is -2.09. The number of aryl methyl sites for hydroxylation is 1. The first-order valence-electron chi connectivity index (χ1n) is 6.24. The lowest BCUT2D eigenvalue weighted by atomic mass is 10.1. The number of rotatable bonds is 4. The molecule has 0 amide bonds. The van der Waals surface area contributed by atoms with E-state index in [9.17, 15) is 0 Å². The van der Waals surface area contributed by atoms with Crippen LogP contribution in [-0.4, -0.2) is 5.71 Å². The van der Waals surface area contributed by atoms with Crippen LogP contribution in [0.4, 0.5) is 0 Å². The molecule has 98 valence electrons. The van der Waals surface area contributed by atoms with Crippen LogP contribution in [0.3, 0.4) is 0 Å². The Bertz CT molecular complexity index is 556. The molecule has 1 N–H and O–H groups in total. The van der Waals surface area contributed by atoms with Gasteiger partial charge in [0.2, 0.25) is 0 Å². The monoisotopic (exact) mass is 272 g/mol. The molecule has 0 aliphatic rings. The van der Waals surface area contributed by atoms with Gasteiger partial charge in [0, 0.05) is 5.02 Å². The molecule has 2 aromatic rings. The van der Waals surface area contributed by atoms with Crippen LogP contribution < -0.4 is 5.43 Å². The fraction of sp³-hybridized carbons (Fsp3) is 0.188. The zero-order valence-electron chi connectivity index (χ0n) is 11.2. The van der Waals surface area contributed by atoms with E-state index in [1.54, 1.807) is 0 Å². The molecular weight excluding hydrogens is 256 g/mol. The summed E-state index contributed by atoms with van der Waals surface area (Å²) in [5.41, 5.74) is 7.61. The standard InChI is InChI=1S/C16H17ClN2/c1-12-3-7-15(8-4-12)13(2)19-18-11-14-5-9-16(17)10-6-14/h3-10,18H,11H2,1-2H3/b19-13-. The molecule has 0 bridgehead atoms. The maximum absolute atomic E-state index is 5.84. The molecule has 0 saturated heterocycles. The van der Waals surface area contributed by atoms with Crippen molar-refractivity contribution in [2.75, 3.05) is 0 Å². The highest BCUT2D eigenvalue weighted by molar-refractivity contribution is 6.30. The third-order valence-electron chi connectivity index (χ3n) is 2.91. The minimum absolute atomic E-state index is 0.695. The van der Waals surface area contributed by atoms with Crippen LogP contribution in [0, 0.1) is 6.92 Å². The van der Waals surface area contributed by atoms with E-state index in [1.807, 2.05) is 31.2 Å². The van der Waals surface area contributed by atoms with Crippen molar-refractivity contribution < 1.29 is 0 Å². The van der Waals surface area contributed by atoms with Crippen molar-refractivity contribution in [2.45, 2.75) is 20.4 Å². The SMILES string of the molecule is C/C(=N/NCc1ccc(Cl)cc1)c1ccc(C)cc1. The van der Waals surface area contributed by atoms with E-state index in [2.05, 4.69) is 41.7 Å². The lowest BCUT2D eigenvalue weighted by molar-refractivity contribution is 0.744. The number of nitrogens with zero attached hydrogens (tertiary/aromatic N) is 1. The highest BCUT2D eigenvalue weighted by Gasteiger charge is 1.97. The number of halogens is 1. The molecule has 0 aliphatic heterocycles. The van der Waals surface area contributed by atoms with Gasteiger partial charge in [0.25, 0.3) is 0 Å². The second-order valence-corrected chi connectivity index (χ2v) is 4.96. The van der Waals surface area contributed by atoms with E-state index in [0.717, 1.165) is 21.9 Å². The van der Waals surface area contributed by atoms with Gasteiger partial charge in [-0.3, -0.25) is 0 Å². The number of nitrogens with one attached hydrogen (secondary N) is 1. The molecule has 0 spiro atoms. The molecule has 0 atom stereocenters. The second-order valence-electron chi connectivity index (χ2n) is 4.52. The first-order chi connectivity index (χ1) is 9.15. The van der Waals surface area contributed by atoms with Crippen LogP contribution in [0.1, 0.15) is 23.6 Å². The van der Waals surface area contributed by atoms with E-state index >= 15 is 0 Å². The van der Waals surface area contributed by atoms with Crippen LogP contribution in [0.5, 0.6) is 0 Å². The first kappa shape index (κ1) is 13.6. The highest BCUT2D eigenvalue weighted by atomic mass is 35.5.